The van der Waals surface area contributed by atoms with Gasteiger partial charge in [0.05, 0.1) is 11.5 Å². The van der Waals surface area contributed by atoms with Gasteiger partial charge in [0.15, 0.2) is 6.29 Å². The maximum atomic E-state index is 10.5. The lowest BCUT2D eigenvalue weighted by Gasteiger charge is -2.06. The van der Waals surface area contributed by atoms with E-state index in [1.165, 1.54) is 11.3 Å². The van der Waals surface area contributed by atoms with Gasteiger partial charge in [-0.05, 0) is 31.2 Å². The number of aromatic nitrogens is 1. The van der Waals surface area contributed by atoms with Crippen molar-refractivity contribution in [3.05, 3.63) is 40.3 Å². The quantitative estimate of drug-likeness (QED) is 0.752. The number of hydrogen-bond acceptors (Lipinski definition) is 5. The molecular formula is C13H13NO3S. The van der Waals surface area contributed by atoms with E-state index in [2.05, 4.69) is 4.98 Å². The van der Waals surface area contributed by atoms with Crippen LogP contribution in [0.3, 0.4) is 0 Å². The monoisotopic (exact) mass is 263 g/mol. The van der Waals surface area contributed by atoms with Gasteiger partial charge in [-0.2, -0.15) is 0 Å². The minimum Gasteiger partial charge on any atom is -0.494 e. The minimum absolute atomic E-state index is 0.368. The number of rotatable bonds is 6. The molecule has 2 aromatic rings. The van der Waals surface area contributed by atoms with Crippen LogP contribution in [0.25, 0.3) is 0 Å². The third kappa shape index (κ3) is 3.30. The fourth-order valence-electron chi connectivity index (χ4n) is 1.39. The fourth-order valence-corrected chi connectivity index (χ4v) is 2.04. The maximum absolute atomic E-state index is 10.5. The van der Waals surface area contributed by atoms with Crippen LogP contribution < -0.4 is 9.47 Å². The van der Waals surface area contributed by atoms with Crippen LogP contribution in [-0.2, 0) is 6.61 Å². The maximum Gasteiger partial charge on any atom is 0.161 e. The highest BCUT2D eigenvalue weighted by atomic mass is 32.1. The largest absolute Gasteiger partial charge is 0.494 e. The van der Waals surface area contributed by atoms with Crippen LogP contribution in [0.5, 0.6) is 11.5 Å². The highest BCUT2D eigenvalue weighted by molar-refractivity contribution is 7.13. The highest BCUT2D eigenvalue weighted by Crippen LogP contribution is 2.19. The van der Waals surface area contributed by atoms with Gasteiger partial charge in [-0.3, -0.25) is 4.79 Å². The van der Waals surface area contributed by atoms with Crippen molar-refractivity contribution in [3.8, 4) is 11.5 Å². The molecule has 0 bridgehead atoms. The van der Waals surface area contributed by atoms with Crippen molar-refractivity contribution in [1.29, 1.82) is 0 Å². The van der Waals surface area contributed by atoms with E-state index in [1.54, 1.807) is 6.20 Å². The summed E-state index contributed by atoms with van der Waals surface area (Å²) >= 11 is 1.33. The first kappa shape index (κ1) is 12.6. The van der Waals surface area contributed by atoms with Crippen LogP contribution in [0.15, 0.2) is 30.5 Å². The van der Waals surface area contributed by atoms with Crippen molar-refractivity contribution in [3.63, 3.8) is 0 Å². The van der Waals surface area contributed by atoms with E-state index in [0.29, 0.717) is 18.1 Å². The zero-order valence-electron chi connectivity index (χ0n) is 9.96. The van der Waals surface area contributed by atoms with Crippen molar-refractivity contribution < 1.29 is 14.3 Å². The van der Waals surface area contributed by atoms with E-state index in [4.69, 9.17) is 9.47 Å². The molecule has 2 rings (SSSR count). The number of carbonyl (C=O) groups is 1. The SMILES string of the molecule is CCOc1ccc(OCc2ncc(C=O)s2)cc1. The Morgan fingerprint density at radius 3 is 2.44 bits per heavy atom. The van der Waals surface area contributed by atoms with E-state index in [9.17, 15) is 4.79 Å². The number of hydrogen-bond donors (Lipinski definition) is 0. The Hall–Kier alpha value is -1.88. The van der Waals surface area contributed by atoms with Crippen LogP contribution in [0, 0.1) is 0 Å². The molecule has 0 aliphatic rings. The van der Waals surface area contributed by atoms with E-state index in [0.717, 1.165) is 22.8 Å². The second-order valence-corrected chi connectivity index (χ2v) is 4.61. The number of benzene rings is 1. The Morgan fingerprint density at radius 2 is 1.89 bits per heavy atom. The summed E-state index contributed by atoms with van der Waals surface area (Å²) < 4.78 is 10.9. The molecule has 0 saturated heterocycles. The summed E-state index contributed by atoms with van der Waals surface area (Å²) in [6, 6.07) is 7.41. The molecule has 0 saturated carbocycles. The Bertz CT molecular complexity index is 507. The van der Waals surface area contributed by atoms with Gasteiger partial charge < -0.3 is 9.47 Å². The van der Waals surface area contributed by atoms with Crippen LogP contribution in [0.1, 0.15) is 21.6 Å². The average Bonchev–Trinajstić information content (AvgIpc) is 2.86. The van der Waals surface area contributed by atoms with E-state index in [1.807, 2.05) is 31.2 Å². The summed E-state index contributed by atoms with van der Waals surface area (Å²) in [7, 11) is 0. The van der Waals surface area contributed by atoms with Gasteiger partial charge in [-0.25, -0.2) is 4.98 Å². The van der Waals surface area contributed by atoms with Gasteiger partial charge in [0.25, 0.3) is 0 Å². The Kier molecular flexibility index (Phi) is 4.30. The third-order valence-corrected chi connectivity index (χ3v) is 3.08. The molecule has 1 heterocycles. The number of carbonyl (C=O) groups excluding carboxylic acids is 1. The first-order valence-electron chi connectivity index (χ1n) is 5.57. The minimum atomic E-state index is 0.368. The third-order valence-electron chi connectivity index (χ3n) is 2.18. The lowest BCUT2D eigenvalue weighted by Crippen LogP contribution is -1.95. The molecule has 4 nitrogen and oxygen atoms in total. The van der Waals surface area contributed by atoms with Gasteiger partial charge >= 0.3 is 0 Å². The predicted octanol–water partition coefficient (Wildman–Crippen LogP) is 2.93. The second-order valence-electron chi connectivity index (χ2n) is 3.47. The smallest absolute Gasteiger partial charge is 0.161 e. The molecule has 94 valence electrons. The van der Waals surface area contributed by atoms with Crippen molar-refractivity contribution in [2.75, 3.05) is 6.61 Å². The van der Waals surface area contributed by atoms with E-state index >= 15 is 0 Å². The molecule has 0 radical (unpaired) electrons. The van der Waals surface area contributed by atoms with Gasteiger partial charge in [-0.15, -0.1) is 11.3 Å². The molecule has 0 fully saturated rings. The molecule has 0 aliphatic heterocycles. The first-order valence-corrected chi connectivity index (χ1v) is 6.39. The zero-order valence-corrected chi connectivity index (χ0v) is 10.8. The summed E-state index contributed by atoms with van der Waals surface area (Å²) in [5.41, 5.74) is 0. The van der Waals surface area contributed by atoms with Gasteiger partial charge in [0, 0.05) is 6.20 Å². The summed E-state index contributed by atoms with van der Waals surface area (Å²) in [6.07, 6.45) is 2.34. The standard InChI is InChI=1S/C13H13NO3S/c1-2-16-10-3-5-11(6-4-10)17-9-13-14-7-12(8-15)18-13/h3-8H,2,9H2,1H3. The lowest BCUT2D eigenvalue weighted by molar-refractivity contribution is 0.112. The second kappa shape index (κ2) is 6.16. The molecule has 0 aliphatic carbocycles. The van der Waals surface area contributed by atoms with Crippen molar-refractivity contribution in [2.45, 2.75) is 13.5 Å². The highest BCUT2D eigenvalue weighted by Gasteiger charge is 2.02. The molecular weight excluding hydrogens is 250 g/mol. The van der Waals surface area contributed by atoms with Crippen molar-refractivity contribution >= 4 is 17.6 Å². The van der Waals surface area contributed by atoms with Crippen LogP contribution >= 0.6 is 11.3 Å². The Morgan fingerprint density at radius 1 is 1.22 bits per heavy atom. The molecule has 5 heteroatoms. The summed E-state index contributed by atoms with van der Waals surface area (Å²) in [5, 5.41) is 0.783. The summed E-state index contributed by atoms with van der Waals surface area (Å²) in [6.45, 7) is 2.96. The van der Waals surface area contributed by atoms with E-state index in [-0.39, 0.29) is 0 Å². The average molecular weight is 263 g/mol. The lowest BCUT2D eigenvalue weighted by atomic mass is 10.3. The van der Waals surface area contributed by atoms with E-state index < -0.39 is 0 Å². The molecule has 0 atom stereocenters. The molecule has 1 aromatic heterocycles. The number of ether oxygens (including phenoxy) is 2. The normalized spacial score (nSPS) is 10.1. The predicted molar refractivity (Wildman–Crippen MR) is 69.4 cm³/mol. The molecule has 0 unspecified atom stereocenters. The number of aldehydes is 1. The number of nitrogens with zero attached hydrogens (tertiary/aromatic N) is 1. The fraction of sp³-hybridized carbons (Fsp3) is 0.231. The Labute approximate surface area is 109 Å². The van der Waals surface area contributed by atoms with Crippen molar-refractivity contribution in [2.24, 2.45) is 0 Å². The van der Waals surface area contributed by atoms with Gasteiger partial charge in [0.1, 0.15) is 23.1 Å². The summed E-state index contributed by atoms with van der Waals surface area (Å²) in [4.78, 5) is 15.2. The molecule has 1 aromatic carbocycles. The zero-order chi connectivity index (χ0) is 12.8. The first-order chi connectivity index (χ1) is 8.81. The molecule has 0 spiro atoms. The van der Waals surface area contributed by atoms with Crippen LogP contribution in [-0.4, -0.2) is 17.9 Å². The molecule has 0 amide bonds. The number of thiazole rings is 1. The Balaban J connectivity index is 1.91. The van der Waals surface area contributed by atoms with Gasteiger partial charge in [0.2, 0.25) is 0 Å². The molecule has 18 heavy (non-hydrogen) atoms. The van der Waals surface area contributed by atoms with Crippen molar-refractivity contribution in [1.82, 2.24) is 4.98 Å². The molecule has 0 N–H and O–H groups in total. The topological polar surface area (TPSA) is 48.4 Å². The van der Waals surface area contributed by atoms with Crippen LogP contribution in [0.2, 0.25) is 0 Å². The van der Waals surface area contributed by atoms with Crippen LogP contribution in [0.4, 0.5) is 0 Å². The summed E-state index contributed by atoms with van der Waals surface area (Å²) in [5.74, 6) is 1.57. The van der Waals surface area contributed by atoms with Gasteiger partial charge in [-0.1, -0.05) is 0 Å².